The third kappa shape index (κ3) is 4.58. The molecule has 0 bridgehead atoms. The number of hydrogen-bond donors (Lipinski definition) is 2. The van der Waals surface area contributed by atoms with Crippen LogP contribution in [0.4, 0.5) is 29.7 Å². The van der Waals surface area contributed by atoms with Crippen LogP contribution in [0, 0.1) is 11.6 Å². The average Bonchev–Trinajstić information content (AvgIpc) is 3.34. The second-order valence-corrected chi connectivity index (χ2v) is 7.68. The lowest BCUT2D eigenvalue weighted by atomic mass is 10.0. The monoisotopic (exact) mass is 461 g/mol. The van der Waals surface area contributed by atoms with Gasteiger partial charge >= 0.3 is 12.2 Å². The van der Waals surface area contributed by atoms with Gasteiger partial charge in [0.15, 0.2) is 0 Å². The Labute approximate surface area is 187 Å². The van der Waals surface area contributed by atoms with E-state index in [4.69, 9.17) is 14.6 Å². The lowest BCUT2D eigenvalue weighted by Gasteiger charge is -2.16. The van der Waals surface area contributed by atoms with Crippen molar-refractivity contribution in [1.29, 1.82) is 0 Å². The van der Waals surface area contributed by atoms with E-state index in [1.807, 2.05) is 0 Å². The fourth-order valence-electron chi connectivity index (χ4n) is 3.70. The van der Waals surface area contributed by atoms with Gasteiger partial charge in [0, 0.05) is 18.1 Å². The Bertz CT molecular complexity index is 1110. The normalized spacial score (nSPS) is 20.1. The zero-order chi connectivity index (χ0) is 23.7. The van der Waals surface area contributed by atoms with Gasteiger partial charge < -0.3 is 19.9 Å². The maximum absolute atomic E-state index is 14.9. The van der Waals surface area contributed by atoms with E-state index in [1.165, 1.54) is 41.0 Å². The summed E-state index contributed by atoms with van der Waals surface area (Å²) >= 11 is 0. The predicted octanol–water partition coefficient (Wildman–Crippen LogP) is 2.41. The number of ether oxygens (including phenoxy) is 2. The summed E-state index contributed by atoms with van der Waals surface area (Å²) in [6.45, 7) is 1.34. The Morgan fingerprint density at radius 1 is 0.970 bits per heavy atom. The second kappa shape index (κ2) is 9.02. The van der Waals surface area contributed by atoms with Gasteiger partial charge in [-0.2, -0.15) is 0 Å². The van der Waals surface area contributed by atoms with Gasteiger partial charge in [-0.1, -0.05) is 0 Å². The molecular formula is C22H21F2N3O6. The number of aliphatic hydroxyl groups excluding tert-OH is 1. The Hall–Kier alpha value is -3.73. The minimum atomic E-state index is -0.754. The molecule has 0 spiro atoms. The third-order valence-corrected chi connectivity index (χ3v) is 5.35. The van der Waals surface area contributed by atoms with Crippen molar-refractivity contribution in [2.75, 3.05) is 36.0 Å². The number of nitrogens with zero attached hydrogens (tertiary/aromatic N) is 2. The highest BCUT2D eigenvalue weighted by Gasteiger charge is 2.34. The van der Waals surface area contributed by atoms with Gasteiger partial charge in [-0.05, 0) is 36.4 Å². The molecule has 0 saturated carbocycles. The zero-order valence-corrected chi connectivity index (χ0v) is 17.6. The Morgan fingerprint density at radius 2 is 1.45 bits per heavy atom. The molecule has 2 aliphatic heterocycles. The number of hydrogen-bond acceptors (Lipinski definition) is 6. The van der Waals surface area contributed by atoms with Crippen molar-refractivity contribution in [3.8, 4) is 11.1 Å². The molecule has 3 amide bonds. The molecule has 2 aromatic carbocycles. The maximum atomic E-state index is 14.9. The summed E-state index contributed by atoms with van der Waals surface area (Å²) in [5.41, 5.74) is 0.404. The molecule has 4 rings (SSSR count). The number of carbonyl (C=O) groups excluding carboxylic acids is 3. The summed E-state index contributed by atoms with van der Waals surface area (Å²) in [5, 5.41) is 11.7. The molecule has 2 aromatic rings. The van der Waals surface area contributed by atoms with Gasteiger partial charge in [0.25, 0.3) is 0 Å². The quantitative estimate of drug-likeness (QED) is 0.684. The van der Waals surface area contributed by atoms with E-state index in [0.717, 1.165) is 12.1 Å². The molecule has 2 saturated heterocycles. The number of halogens is 2. The molecule has 33 heavy (non-hydrogen) atoms. The molecule has 0 aromatic heterocycles. The van der Waals surface area contributed by atoms with Crippen LogP contribution in [0.15, 0.2) is 36.4 Å². The number of amides is 3. The van der Waals surface area contributed by atoms with Crippen molar-refractivity contribution in [3.63, 3.8) is 0 Å². The Morgan fingerprint density at radius 3 is 1.88 bits per heavy atom. The largest absolute Gasteiger partial charge is 0.442 e. The van der Waals surface area contributed by atoms with Crippen molar-refractivity contribution in [2.45, 2.75) is 19.1 Å². The molecular weight excluding hydrogens is 440 g/mol. The van der Waals surface area contributed by atoms with Crippen LogP contribution in [0.2, 0.25) is 0 Å². The van der Waals surface area contributed by atoms with E-state index in [-0.39, 0.29) is 54.7 Å². The Kier molecular flexibility index (Phi) is 6.14. The lowest BCUT2D eigenvalue weighted by molar-refractivity contribution is -0.119. The SMILES string of the molecule is CC(=O)NC[C@H]1CN(c2ccc(-c3ccc(N4C[C@H](CO)OC4=O)cc3F)c(F)c2)C(=O)O1. The van der Waals surface area contributed by atoms with Gasteiger partial charge in [-0.3, -0.25) is 14.6 Å². The van der Waals surface area contributed by atoms with Crippen LogP contribution in [-0.4, -0.2) is 61.6 Å². The molecule has 0 aliphatic carbocycles. The molecule has 2 heterocycles. The molecule has 0 radical (unpaired) electrons. The average molecular weight is 461 g/mol. The molecule has 2 fully saturated rings. The van der Waals surface area contributed by atoms with Crippen LogP contribution < -0.4 is 15.1 Å². The predicted molar refractivity (Wildman–Crippen MR) is 113 cm³/mol. The first kappa shape index (κ1) is 22.5. The summed E-state index contributed by atoms with van der Waals surface area (Å²) in [6, 6.07) is 7.82. The molecule has 2 atom stereocenters. The van der Waals surface area contributed by atoms with Crippen LogP contribution in [0.3, 0.4) is 0 Å². The smallest absolute Gasteiger partial charge is 0.414 e. The molecule has 2 N–H and O–H groups in total. The van der Waals surface area contributed by atoms with Gasteiger partial charge in [0.1, 0.15) is 23.8 Å². The highest BCUT2D eigenvalue weighted by atomic mass is 19.1. The number of nitrogens with one attached hydrogen (secondary N) is 1. The number of rotatable bonds is 6. The number of benzene rings is 2. The summed E-state index contributed by atoms with van der Waals surface area (Å²) in [7, 11) is 0. The van der Waals surface area contributed by atoms with Crippen LogP contribution >= 0.6 is 0 Å². The van der Waals surface area contributed by atoms with Gasteiger partial charge in [0.2, 0.25) is 5.91 Å². The second-order valence-electron chi connectivity index (χ2n) is 7.68. The highest BCUT2D eigenvalue weighted by molar-refractivity contribution is 5.91. The van der Waals surface area contributed by atoms with E-state index in [0.29, 0.717) is 0 Å². The van der Waals surface area contributed by atoms with Gasteiger partial charge in [0.05, 0.1) is 37.6 Å². The van der Waals surface area contributed by atoms with Crippen molar-refractivity contribution >= 4 is 29.5 Å². The van der Waals surface area contributed by atoms with Crippen LogP contribution in [0.25, 0.3) is 11.1 Å². The number of cyclic esters (lactones) is 2. The summed E-state index contributed by atoms with van der Waals surface area (Å²) < 4.78 is 39.8. The van der Waals surface area contributed by atoms with Crippen molar-refractivity contribution in [2.24, 2.45) is 0 Å². The minimum Gasteiger partial charge on any atom is -0.442 e. The molecule has 11 heteroatoms. The summed E-state index contributed by atoms with van der Waals surface area (Å²) in [5.74, 6) is -1.77. The van der Waals surface area contributed by atoms with E-state index < -0.39 is 36.0 Å². The summed E-state index contributed by atoms with van der Waals surface area (Å²) in [6.07, 6.45) is -2.64. The maximum Gasteiger partial charge on any atom is 0.414 e. The number of aliphatic hydroxyl groups is 1. The van der Waals surface area contributed by atoms with E-state index in [1.54, 1.807) is 0 Å². The van der Waals surface area contributed by atoms with Crippen molar-refractivity contribution in [1.82, 2.24) is 5.32 Å². The first-order valence-electron chi connectivity index (χ1n) is 10.2. The highest BCUT2D eigenvalue weighted by Crippen LogP contribution is 2.33. The minimum absolute atomic E-state index is 0.0256. The lowest BCUT2D eigenvalue weighted by Crippen LogP contribution is -2.33. The zero-order valence-electron chi connectivity index (χ0n) is 17.6. The number of anilines is 2. The Balaban J connectivity index is 1.52. The first-order chi connectivity index (χ1) is 15.8. The molecule has 174 valence electrons. The fraction of sp³-hybridized carbons (Fsp3) is 0.318. The van der Waals surface area contributed by atoms with E-state index in [9.17, 15) is 23.2 Å². The van der Waals surface area contributed by atoms with Gasteiger partial charge in [-0.15, -0.1) is 0 Å². The number of carbonyl (C=O) groups is 3. The molecule has 9 nitrogen and oxygen atoms in total. The topological polar surface area (TPSA) is 108 Å². The van der Waals surface area contributed by atoms with Gasteiger partial charge in [-0.25, -0.2) is 18.4 Å². The molecule has 0 unspecified atom stereocenters. The molecule has 2 aliphatic rings. The van der Waals surface area contributed by atoms with E-state index in [2.05, 4.69) is 5.32 Å². The van der Waals surface area contributed by atoms with Crippen LogP contribution in [0.1, 0.15) is 6.92 Å². The first-order valence-corrected chi connectivity index (χ1v) is 10.2. The van der Waals surface area contributed by atoms with Crippen molar-refractivity contribution in [3.05, 3.63) is 48.0 Å². The third-order valence-electron chi connectivity index (χ3n) is 5.35. The van der Waals surface area contributed by atoms with Crippen LogP contribution in [0.5, 0.6) is 0 Å². The summed E-state index contributed by atoms with van der Waals surface area (Å²) in [4.78, 5) is 37.5. The van der Waals surface area contributed by atoms with E-state index >= 15 is 0 Å². The van der Waals surface area contributed by atoms with Crippen LogP contribution in [-0.2, 0) is 14.3 Å². The standard InChI is InChI=1S/C22H21F2N3O6/c1-12(29)25-8-15-9-26(21(30)32-15)13-2-4-17(19(23)6-13)18-5-3-14(7-20(18)24)27-10-16(11-28)33-22(27)31/h2-7,15-16,28H,8-11H2,1H3,(H,25,29)/t15-,16+/m0/s1. The van der Waals surface area contributed by atoms with Crippen molar-refractivity contribution < 1.29 is 37.7 Å². The fourth-order valence-corrected chi connectivity index (χ4v) is 3.70.